The Hall–Kier alpha value is -1.40. The molecule has 0 aliphatic rings. The van der Waals surface area contributed by atoms with E-state index in [-0.39, 0.29) is 0 Å². The maximum Gasteiger partial charge on any atom is 0.158 e. The van der Waals surface area contributed by atoms with E-state index in [1.54, 1.807) is 13.2 Å². The van der Waals surface area contributed by atoms with Crippen molar-refractivity contribution in [1.29, 1.82) is 0 Å². The monoisotopic (exact) mass is 239 g/mol. The Balaban J connectivity index is 2.64. The maximum atomic E-state index is 5.70. The van der Waals surface area contributed by atoms with E-state index in [1.807, 2.05) is 14.1 Å². The predicted octanol–water partition coefficient (Wildman–Crippen LogP) is 0.567. The van der Waals surface area contributed by atoms with Gasteiger partial charge in [-0.05, 0) is 21.0 Å². The highest BCUT2D eigenvalue weighted by molar-refractivity contribution is 5.44. The summed E-state index contributed by atoms with van der Waals surface area (Å²) in [5.74, 6) is 1.78. The molecule has 0 amide bonds. The third-order valence-electron chi connectivity index (χ3n) is 2.53. The summed E-state index contributed by atoms with van der Waals surface area (Å²) in [5, 5.41) is 3.24. The smallest absolute Gasteiger partial charge is 0.158 e. The Morgan fingerprint density at radius 1 is 1.47 bits per heavy atom. The molecule has 1 atom stereocenters. The van der Waals surface area contributed by atoms with Gasteiger partial charge in [0.2, 0.25) is 0 Å². The Kier molecular flexibility index (Phi) is 5.11. The van der Waals surface area contributed by atoms with Gasteiger partial charge < -0.3 is 20.7 Å². The summed E-state index contributed by atoms with van der Waals surface area (Å²) in [6.07, 6.45) is 0. The lowest BCUT2D eigenvalue weighted by molar-refractivity contribution is 0.178. The highest BCUT2D eigenvalue weighted by Crippen LogP contribution is 2.09. The van der Waals surface area contributed by atoms with E-state index in [1.165, 1.54) is 0 Å². The number of aromatic nitrogens is 2. The standard InChI is InChI=1S/C11H21N5O/c1-8(16(2)3)6-13-10-5-9(12)14-11(15-10)7-17-4/h5,8H,6-7H2,1-4H3,(H3,12,13,14,15). The van der Waals surface area contributed by atoms with Crippen LogP contribution in [0.15, 0.2) is 6.07 Å². The van der Waals surface area contributed by atoms with Crippen LogP contribution in [0.5, 0.6) is 0 Å². The third kappa shape index (κ3) is 4.54. The summed E-state index contributed by atoms with van der Waals surface area (Å²) in [7, 11) is 5.68. The van der Waals surface area contributed by atoms with Crippen molar-refractivity contribution < 1.29 is 4.74 Å². The van der Waals surface area contributed by atoms with Crippen molar-refractivity contribution >= 4 is 11.6 Å². The minimum atomic E-state index is 0.364. The molecule has 0 saturated carbocycles. The zero-order valence-electron chi connectivity index (χ0n) is 10.9. The lowest BCUT2D eigenvalue weighted by Gasteiger charge is -2.20. The van der Waals surface area contributed by atoms with E-state index in [2.05, 4.69) is 27.1 Å². The Morgan fingerprint density at radius 3 is 2.76 bits per heavy atom. The molecule has 3 N–H and O–H groups in total. The maximum absolute atomic E-state index is 5.70. The Morgan fingerprint density at radius 2 is 2.18 bits per heavy atom. The highest BCUT2D eigenvalue weighted by Gasteiger charge is 2.06. The molecule has 0 aliphatic carbocycles. The van der Waals surface area contributed by atoms with Gasteiger partial charge in [0.1, 0.15) is 18.2 Å². The number of likely N-dealkylation sites (N-methyl/N-ethyl adjacent to an activating group) is 1. The van der Waals surface area contributed by atoms with E-state index < -0.39 is 0 Å². The molecular weight excluding hydrogens is 218 g/mol. The molecule has 17 heavy (non-hydrogen) atoms. The predicted molar refractivity (Wildman–Crippen MR) is 68.8 cm³/mol. The van der Waals surface area contributed by atoms with Crippen molar-refractivity contribution in [3.63, 3.8) is 0 Å². The van der Waals surface area contributed by atoms with Crippen molar-refractivity contribution in [1.82, 2.24) is 14.9 Å². The van der Waals surface area contributed by atoms with Crippen LogP contribution in [0.2, 0.25) is 0 Å². The molecule has 1 aromatic heterocycles. The fraction of sp³-hybridized carbons (Fsp3) is 0.636. The summed E-state index contributed by atoms with van der Waals surface area (Å²) < 4.78 is 4.99. The number of hydrogen-bond donors (Lipinski definition) is 2. The topological polar surface area (TPSA) is 76.3 Å². The molecule has 1 unspecified atom stereocenters. The highest BCUT2D eigenvalue weighted by atomic mass is 16.5. The Bertz CT molecular complexity index is 356. The average molecular weight is 239 g/mol. The normalized spacial score (nSPS) is 12.8. The second-order valence-electron chi connectivity index (χ2n) is 4.22. The molecule has 1 rings (SSSR count). The Labute approximate surface area is 102 Å². The molecule has 0 aliphatic heterocycles. The van der Waals surface area contributed by atoms with E-state index in [4.69, 9.17) is 10.5 Å². The van der Waals surface area contributed by atoms with Gasteiger partial charge >= 0.3 is 0 Å². The number of rotatable bonds is 6. The van der Waals surface area contributed by atoms with Crippen LogP contribution in [0.3, 0.4) is 0 Å². The van der Waals surface area contributed by atoms with Crippen molar-refractivity contribution in [3.05, 3.63) is 11.9 Å². The van der Waals surface area contributed by atoms with Gasteiger partial charge in [-0.2, -0.15) is 0 Å². The van der Waals surface area contributed by atoms with Gasteiger partial charge in [0.25, 0.3) is 0 Å². The second-order valence-corrected chi connectivity index (χ2v) is 4.22. The number of nitrogens with one attached hydrogen (secondary N) is 1. The zero-order chi connectivity index (χ0) is 12.8. The average Bonchev–Trinajstić information content (AvgIpc) is 2.25. The van der Waals surface area contributed by atoms with Crippen LogP contribution in [0.1, 0.15) is 12.7 Å². The first-order valence-corrected chi connectivity index (χ1v) is 5.55. The number of nitrogens with two attached hydrogens (primary N) is 1. The molecule has 0 aromatic carbocycles. The lowest BCUT2D eigenvalue weighted by Crippen LogP contribution is -2.31. The van der Waals surface area contributed by atoms with Crippen LogP contribution >= 0.6 is 0 Å². The molecule has 0 bridgehead atoms. The van der Waals surface area contributed by atoms with Crippen molar-refractivity contribution in [2.45, 2.75) is 19.6 Å². The molecule has 0 saturated heterocycles. The SMILES string of the molecule is COCc1nc(N)cc(NCC(C)N(C)C)n1. The summed E-state index contributed by atoms with van der Waals surface area (Å²) in [6, 6.07) is 2.14. The third-order valence-corrected chi connectivity index (χ3v) is 2.53. The van der Waals surface area contributed by atoms with Gasteiger partial charge in [0.05, 0.1) is 0 Å². The van der Waals surface area contributed by atoms with Gasteiger partial charge in [0.15, 0.2) is 5.82 Å². The fourth-order valence-corrected chi connectivity index (χ4v) is 1.24. The minimum absolute atomic E-state index is 0.364. The van der Waals surface area contributed by atoms with Gasteiger partial charge in [-0.25, -0.2) is 9.97 Å². The van der Waals surface area contributed by atoms with Crippen LogP contribution in [-0.2, 0) is 11.3 Å². The first-order chi connectivity index (χ1) is 8.02. The number of nitrogens with zero attached hydrogens (tertiary/aromatic N) is 3. The van der Waals surface area contributed by atoms with Gasteiger partial charge in [-0.3, -0.25) is 0 Å². The van der Waals surface area contributed by atoms with E-state index >= 15 is 0 Å². The van der Waals surface area contributed by atoms with Crippen LogP contribution in [0.25, 0.3) is 0 Å². The van der Waals surface area contributed by atoms with E-state index in [9.17, 15) is 0 Å². The minimum Gasteiger partial charge on any atom is -0.384 e. The summed E-state index contributed by atoms with van der Waals surface area (Å²) >= 11 is 0. The molecule has 1 heterocycles. The molecule has 6 nitrogen and oxygen atoms in total. The summed E-state index contributed by atoms with van der Waals surface area (Å²) in [4.78, 5) is 10.5. The van der Waals surface area contributed by atoms with Crippen LogP contribution in [-0.4, -0.2) is 48.7 Å². The fourth-order valence-electron chi connectivity index (χ4n) is 1.24. The molecule has 0 spiro atoms. The first-order valence-electron chi connectivity index (χ1n) is 5.55. The molecule has 6 heteroatoms. The van der Waals surface area contributed by atoms with Gasteiger partial charge in [-0.15, -0.1) is 0 Å². The number of methoxy groups -OCH3 is 1. The molecule has 96 valence electrons. The van der Waals surface area contributed by atoms with Crippen molar-refractivity contribution in [2.24, 2.45) is 0 Å². The van der Waals surface area contributed by atoms with Gasteiger partial charge in [-0.1, -0.05) is 0 Å². The number of anilines is 2. The van der Waals surface area contributed by atoms with Gasteiger partial charge in [0, 0.05) is 25.8 Å². The van der Waals surface area contributed by atoms with E-state index in [0.717, 1.165) is 12.4 Å². The molecule has 0 fully saturated rings. The number of hydrogen-bond acceptors (Lipinski definition) is 6. The van der Waals surface area contributed by atoms with Crippen LogP contribution < -0.4 is 11.1 Å². The zero-order valence-corrected chi connectivity index (χ0v) is 10.9. The largest absolute Gasteiger partial charge is 0.384 e. The van der Waals surface area contributed by atoms with E-state index in [0.29, 0.717) is 24.3 Å². The number of ether oxygens (including phenoxy) is 1. The molecule has 0 radical (unpaired) electrons. The molecular formula is C11H21N5O. The van der Waals surface area contributed by atoms with Crippen molar-refractivity contribution in [3.8, 4) is 0 Å². The van der Waals surface area contributed by atoms with Crippen LogP contribution in [0, 0.1) is 0 Å². The van der Waals surface area contributed by atoms with Crippen LogP contribution in [0.4, 0.5) is 11.6 Å². The first kappa shape index (κ1) is 13.7. The van der Waals surface area contributed by atoms with Crippen molar-refractivity contribution in [2.75, 3.05) is 38.8 Å². The second kappa shape index (κ2) is 6.36. The summed E-state index contributed by atoms with van der Waals surface area (Å²) in [6.45, 7) is 3.30. The summed E-state index contributed by atoms with van der Waals surface area (Å²) in [5.41, 5.74) is 5.70. The molecule has 1 aromatic rings. The lowest BCUT2D eigenvalue weighted by atomic mass is 10.3. The number of nitrogen functional groups attached to an aromatic ring is 1. The quantitative estimate of drug-likeness (QED) is 0.755.